The highest BCUT2D eigenvalue weighted by molar-refractivity contribution is 9.11. The molecule has 80 valence electrons. The number of halogens is 1. The minimum Gasteiger partial charge on any atom is -0.289 e. The van der Waals surface area contributed by atoms with Gasteiger partial charge in [-0.15, -0.1) is 0 Å². The molecule has 3 rings (SSSR count). The van der Waals surface area contributed by atoms with Crippen LogP contribution in [0.25, 0.3) is 0 Å². The van der Waals surface area contributed by atoms with Crippen molar-refractivity contribution in [1.82, 2.24) is 0 Å². The third kappa shape index (κ3) is 1.20. The monoisotopic (exact) mass is 274 g/mol. The van der Waals surface area contributed by atoms with Crippen molar-refractivity contribution >= 4 is 21.7 Å². The standard InChI is InChI=1S/C14H11BrO/c15-13-6-3-8-14(13)9-7-12(16)10-4-1-2-5-11(10)14/h1-2,4-7,9H,3,8H2. The van der Waals surface area contributed by atoms with Crippen LogP contribution in [0.3, 0.4) is 0 Å². The molecule has 2 aliphatic carbocycles. The Bertz CT molecular complexity index is 527. The van der Waals surface area contributed by atoms with Crippen LogP contribution >= 0.6 is 15.9 Å². The van der Waals surface area contributed by atoms with Crippen LogP contribution in [0.5, 0.6) is 0 Å². The number of benzene rings is 1. The summed E-state index contributed by atoms with van der Waals surface area (Å²) in [5.41, 5.74) is 1.91. The lowest BCUT2D eigenvalue weighted by molar-refractivity contribution is 0.104. The molecule has 0 saturated carbocycles. The number of allylic oxidation sites excluding steroid dienone is 4. The zero-order valence-electron chi connectivity index (χ0n) is 8.74. The van der Waals surface area contributed by atoms with E-state index in [1.54, 1.807) is 6.08 Å². The largest absolute Gasteiger partial charge is 0.289 e. The molecule has 0 fully saturated rings. The van der Waals surface area contributed by atoms with Crippen molar-refractivity contribution in [3.05, 3.63) is 58.1 Å². The van der Waals surface area contributed by atoms with Crippen LogP contribution in [0.4, 0.5) is 0 Å². The van der Waals surface area contributed by atoms with Crippen molar-refractivity contribution in [2.75, 3.05) is 0 Å². The molecule has 0 bridgehead atoms. The Morgan fingerprint density at radius 2 is 2.06 bits per heavy atom. The van der Waals surface area contributed by atoms with Gasteiger partial charge in [-0.2, -0.15) is 0 Å². The fraction of sp³-hybridized carbons (Fsp3) is 0.214. The van der Waals surface area contributed by atoms with E-state index in [2.05, 4.69) is 28.1 Å². The molecular weight excluding hydrogens is 264 g/mol. The molecule has 1 unspecified atom stereocenters. The van der Waals surface area contributed by atoms with Gasteiger partial charge in [0.1, 0.15) is 0 Å². The minimum absolute atomic E-state index is 0.0789. The molecule has 1 aromatic rings. The summed E-state index contributed by atoms with van der Waals surface area (Å²) in [6, 6.07) is 7.92. The molecule has 1 nitrogen and oxygen atoms in total. The topological polar surface area (TPSA) is 17.1 Å². The third-order valence-corrected chi connectivity index (χ3v) is 4.51. The van der Waals surface area contributed by atoms with Crippen molar-refractivity contribution in [2.45, 2.75) is 18.3 Å². The normalized spacial score (nSPS) is 27.1. The molecular formula is C14H11BrO. The lowest BCUT2D eigenvalue weighted by Crippen LogP contribution is -2.27. The molecule has 0 aliphatic heterocycles. The van der Waals surface area contributed by atoms with E-state index < -0.39 is 0 Å². The summed E-state index contributed by atoms with van der Waals surface area (Å²) in [7, 11) is 0. The van der Waals surface area contributed by atoms with Gasteiger partial charge in [0.2, 0.25) is 0 Å². The second kappa shape index (κ2) is 3.42. The Kier molecular flexibility index (Phi) is 2.15. The highest BCUT2D eigenvalue weighted by Gasteiger charge is 2.40. The molecule has 0 saturated heterocycles. The van der Waals surface area contributed by atoms with Crippen LogP contribution in [0.15, 0.2) is 47.0 Å². The summed E-state index contributed by atoms with van der Waals surface area (Å²) in [6.07, 6.45) is 8.08. The zero-order valence-corrected chi connectivity index (χ0v) is 10.3. The summed E-state index contributed by atoms with van der Waals surface area (Å²) in [5.74, 6) is 0.119. The highest BCUT2D eigenvalue weighted by atomic mass is 79.9. The van der Waals surface area contributed by atoms with E-state index in [4.69, 9.17) is 0 Å². The number of hydrogen-bond donors (Lipinski definition) is 0. The van der Waals surface area contributed by atoms with Gasteiger partial charge in [0.15, 0.2) is 5.78 Å². The van der Waals surface area contributed by atoms with Gasteiger partial charge in [-0.3, -0.25) is 4.79 Å². The summed E-state index contributed by atoms with van der Waals surface area (Å²) in [6.45, 7) is 0. The maximum absolute atomic E-state index is 11.8. The number of ketones is 1. The Morgan fingerprint density at radius 3 is 2.81 bits per heavy atom. The second-order valence-electron chi connectivity index (χ2n) is 4.31. The van der Waals surface area contributed by atoms with Gasteiger partial charge in [0, 0.05) is 15.5 Å². The zero-order chi connectivity index (χ0) is 11.2. The van der Waals surface area contributed by atoms with Crippen LogP contribution in [0, 0.1) is 0 Å². The molecule has 2 heteroatoms. The van der Waals surface area contributed by atoms with Crippen molar-refractivity contribution in [2.24, 2.45) is 0 Å². The summed E-state index contributed by atoms with van der Waals surface area (Å²) >= 11 is 3.65. The third-order valence-electron chi connectivity index (χ3n) is 3.48. The molecule has 0 amide bonds. The van der Waals surface area contributed by atoms with Gasteiger partial charge < -0.3 is 0 Å². The van der Waals surface area contributed by atoms with E-state index in [9.17, 15) is 4.79 Å². The minimum atomic E-state index is -0.0789. The molecule has 1 atom stereocenters. The molecule has 0 N–H and O–H groups in total. The number of carbonyl (C=O) groups is 1. The van der Waals surface area contributed by atoms with E-state index in [1.165, 1.54) is 4.48 Å². The van der Waals surface area contributed by atoms with E-state index in [0.717, 1.165) is 24.0 Å². The smallest absolute Gasteiger partial charge is 0.185 e. The van der Waals surface area contributed by atoms with Crippen molar-refractivity contribution in [1.29, 1.82) is 0 Å². The van der Waals surface area contributed by atoms with Gasteiger partial charge in [0.05, 0.1) is 0 Å². The molecule has 0 radical (unpaired) electrons. The average molecular weight is 275 g/mol. The Morgan fingerprint density at radius 1 is 1.25 bits per heavy atom. The van der Waals surface area contributed by atoms with Crippen molar-refractivity contribution < 1.29 is 4.79 Å². The van der Waals surface area contributed by atoms with Crippen LogP contribution in [-0.4, -0.2) is 5.78 Å². The molecule has 2 aliphatic rings. The molecule has 0 heterocycles. The number of carbonyl (C=O) groups excluding carboxylic acids is 1. The lowest BCUT2D eigenvalue weighted by atomic mass is 9.73. The highest BCUT2D eigenvalue weighted by Crippen LogP contribution is 2.48. The predicted molar refractivity (Wildman–Crippen MR) is 67.8 cm³/mol. The SMILES string of the molecule is O=C1C=CC2(CCC=C2Br)c2ccccc21. The van der Waals surface area contributed by atoms with Gasteiger partial charge in [-0.05, 0) is 24.5 Å². The van der Waals surface area contributed by atoms with Crippen LogP contribution in [-0.2, 0) is 5.41 Å². The van der Waals surface area contributed by atoms with E-state index in [1.807, 2.05) is 24.3 Å². The van der Waals surface area contributed by atoms with Gasteiger partial charge >= 0.3 is 0 Å². The fourth-order valence-electron chi connectivity index (χ4n) is 2.64. The average Bonchev–Trinajstić information content (AvgIpc) is 2.67. The fourth-order valence-corrected chi connectivity index (χ4v) is 3.41. The van der Waals surface area contributed by atoms with E-state index >= 15 is 0 Å². The first-order valence-corrected chi connectivity index (χ1v) is 6.22. The number of fused-ring (bicyclic) bond motifs is 2. The maximum Gasteiger partial charge on any atom is 0.185 e. The molecule has 1 spiro atoms. The van der Waals surface area contributed by atoms with E-state index in [0.29, 0.717) is 0 Å². The van der Waals surface area contributed by atoms with Crippen molar-refractivity contribution in [3.8, 4) is 0 Å². The summed E-state index contributed by atoms with van der Waals surface area (Å²) in [4.78, 5) is 11.8. The Labute approximate surface area is 103 Å². The molecule has 16 heavy (non-hydrogen) atoms. The first kappa shape index (κ1) is 10.0. The quantitative estimate of drug-likeness (QED) is 0.704. The van der Waals surface area contributed by atoms with Gasteiger partial charge in [0.25, 0.3) is 0 Å². The second-order valence-corrected chi connectivity index (χ2v) is 5.16. The summed E-state index contributed by atoms with van der Waals surface area (Å²) in [5, 5.41) is 0. The number of hydrogen-bond acceptors (Lipinski definition) is 1. The van der Waals surface area contributed by atoms with Crippen LogP contribution in [0.2, 0.25) is 0 Å². The first-order chi connectivity index (χ1) is 7.74. The predicted octanol–water partition coefficient (Wildman–Crippen LogP) is 3.75. The van der Waals surface area contributed by atoms with Crippen molar-refractivity contribution in [3.63, 3.8) is 0 Å². The van der Waals surface area contributed by atoms with Gasteiger partial charge in [-0.25, -0.2) is 0 Å². The van der Waals surface area contributed by atoms with Gasteiger partial charge in [-0.1, -0.05) is 52.3 Å². The first-order valence-electron chi connectivity index (χ1n) is 5.43. The summed E-state index contributed by atoms with van der Waals surface area (Å²) < 4.78 is 1.19. The van der Waals surface area contributed by atoms with E-state index in [-0.39, 0.29) is 11.2 Å². The van der Waals surface area contributed by atoms with Crippen LogP contribution in [0.1, 0.15) is 28.8 Å². The number of rotatable bonds is 0. The molecule has 0 aromatic heterocycles. The maximum atomic E-state index is 11.8. The Hall–Kier alpha value is -1.15. The Balaban J connectivity index is 2.27. The van der Waals surface area contributed by atoms with Crippen LogP contribution < -0.4 is 0 Å². The lowest BCUT2D eigenvalue weighted by Gasteiger charge is -2.31. The molecule has 1 aromatic carbocycles.